The standard InChI is InChI=1S/C18H21NO3/c1-14-5-3-4-6-17(14)22-12-11-18(20)19-13-15-7-9-16(21-2)10-8-15/h3-10H,11-13H2,1-2H3,(H,19,20). The number of carbonyl (C=O) groups is 1. The number of amides is 1. The molecule has 0 aliphatic carbocycles. The number of benzene rings is 2. The van der Waals surface area contributed by atoms with Gasteiger partial charge in [-0.3, -0.25) is 4.79 Å². The van der Waals surface area contributed by atoms with Crippen LogP contribution in [-0.2, 0) is 11.3 Å². The molecule has 1 amide bonds. The highest BCUT2D eigenvalue weighted by molar-refractivity contribution is 5.76. The van der Waals surface area contributed by atoms with Gasteiger partial charge in [0.25, 0.3) is 0 Å². The topological polar surface area (TPSA) is 47.6 Å². The summed E-state index contributed by atoms with van der Waals surface area (Å²) in [6, 6.07) is 15.4. The Morgan fingerprint density at radius 1 is 1.09 bits per heavy atom. The molecule has 0 bridgehead atoms. The molecule has 2 aromatic carbocycles. The minimum Gasteiger partial charge on any atom is -0.497 e. The van der Waals surface area contributed by atoms with E-state index in [9.17, 15) is 4.79 Å². The van der Waals surface area contributed by atoms with Gasteiger partial charge in [-0.05, 0) is 36.2 Å². The lowest BCUT2D eigenvalue weighted by molar-refractivity contribution is -0.121. The Bertz CT molecular complexity index is 608. The predicted molar refractivity (Wildman–Crippen MR) is 86.1 cm³/mol. The number of ether oxygens (including phenoxy) is 2. The normalized spacial score (nSPS) is 10.1. The summed E-state index contributed by atoms with van der Waals surface area (Å²) in [5, 5.41) is 2.88. The Morgan fingerprint density at radius 3 is 2.50 bits per heavy atom. The van der Waals surface area contributed by atoms with Crippen molar-refractivity contribution in [2.75, 3.05) is 13.7 Å². The van der Waals surface area contributed by atoms with Crippen LogP contribution in [0.1, 0.15) is 17.5 Å². The minimum atomic E-state index is -0.0237. The van der Waals surface area contributed by atoms with E-state index in [2.05, 4.69) is 5.32 Å². The number of hydrogen-bond donors (Lipinski definition) is 1. The van der Waals surface area contributed by atoms with Gasteiger partial charge in [0.05, 0.1) is 20.1 Å². The molecule has 4 nitrogen and oxygen atoms in total. The summed E-state index contributed by atoms with van der Waals surface area (Å²) < 4.78 is 10.7. The van der Waals surface area contributed by atoms with Crippen molar-refractivity contribution in [1.29, 1.82) is 0 Å². The number of nitrogens with one attached hydrogen (secondary N) is 1. The Kier molecular flexibility index (Phi) is 5.83. The molecule has 0 aliphatic rings. The second-order valence-electron chi connectivity index (χ2n) is 4.99. The summed E-state index contributed by atoms with van der Waals surface area (Å²) in [7, 11) is 1.63. The molecule has 0 aliphatic heterocycles. The molecule has 0 spiro atoms. The van der Waals surface area contributed by atoms with Crippen molar-refractivity contribution < 1.29 is 14.3 Å². The molecule has 0 aromatic heterocycles. The largest absolute Gasteiger partial charge is 0.497 e. The molecule has 2 aromatic rings. The number of carbonyl (C=O) groups excluding carboxylic acids is 1. The summed E-state index contributed by atoms with van der Waals surface area (Å²) in [6.07, 6.45) is 0.338. The molecule has 1 N–H and O–H groups in total. The second-order valence-corrected chi connectivity index (χ2v) is 4.99. The van der Waals surface area contributed by atoms with Gasteiger partial charge >= 0.3 is 0 Å². The molecule has 0 radical (unpaired) electrons. The van der Waals surface area contributed by atoms with E-state index in [1.54, 1.807) is 7.11 Å². The van der Waals surface area contributed by atoms with Gasteiger partial charge in [-0.1, -0.05) is 30.3 Å². The van der Waals surface area contributed by atoms with Crippen molar-refractivity contribution in [2.45, 2.75) is 19.9 Å². The average molecular weight is 299 g/mol. The fourth-order valence-electron chi connectivity index (χ4n) is 2.00. The van der Waals surface area contributed by atoms with Crippen LogP contribution in [0.4, 0.5) is 0 Å². The van der Waals surface area contributed by atoms with E-state index in [0.29, 0.717) is 19.6 Å². The molecule has 116 valence electrons. The van der Waals surface area contributed by atoms with E-state index in [1.807, 2.05) is 55.5 Å². The van der Waals surface area contributed by atoms with Gasteiger partial charge in [0.2, 0.25) is 5.91 Å². The average Bonchev–Trinajstić information content (AvgIpc) is 2.55. The number of methoxy groups -OCH3 is 1. The zero-order valence-electron chi connectivity index (χ0n) is 13.0. The molecule has 0 unspecified atom stereocenters. The maximum atomic E-state index is 11.8. The van der Waals surface area contributed by atoms with Crippen LogP contribution >= 0.6 is 0 Å². The van der Waals surface area contributed by atoms with Gasteiger partial charge in [0.15, 0.2) is 0 Å². The third-order valence-corrected chi connectivity index (χ3v) is 3.33. The van der Waals surface area contributed by atoms with E-state index < -0.39 is 0 Å². The monoisotopic (exact) mass is 299 g/mol. The zero-order chi connectivity index (χ0) is 15.8. The van der Waals surface area contributed by atoms with Crippen LogP contribution in [0.3, 0.4) is 0 Å². The van der Waals surface area contributed by atoms with E-state index in [4.69, 9.17) is 9.47 Å². The molecule has 0 atom stereocenters. The smallest absolute Gasteiger partial charge is 0.223 e. The lowest BCUT2D eigenvalue weighted by Gasteiger charge is -2.09. The molecule has 0 heterocycles. The van der Waals surface area contributed by atoms with Gasteiger partial charge < -0.3 is 14.8 Å². The predicted octanol–water partition coefficient (Wildman–Crippen LogP) is 3.09. The van der Waals surface area contributed by atoms with E-state index in [-0.39, 0.29) is 5.91 Å². The molecule has 22 heavy (non-hydrogen) atoms. The van der Waals surface area contributed by atoms with Gasteiger partial charge in [-0.2, -0.15) is 0 Å². The first-order valence-electron chi connectivity index (χ1n) is 7.27. The molecule has 0 saturated heterocycles. The van der Waals surface area contributed by atoms with Gasteiger partial charge in [0.1, 0.15) is 11.5 Å². The van der Waals surface area contributed by atoms with Gasteiger partial charge in [-0.25, -0.2) is 0 Å². The van der Waals surface area contributed by atoms with Crippen LogP contribution in [0, 0.1) is 6.92 Å². The molecule has 4 heteroatoms. The third kappa shape index (κ3) is 4.81. The molecular formula is C18H21NO3. The van der Waals surface area contributed by atoms with E-state index >= 15 is 0 Å². The summed E-state index contributed by atoms with van der Waals surface area (Å²) >= 11 is 0. The maximum absolute atomic E-state index is 11.8. The number of hydrogen-bond acceptors (Lipinski definition) is 3. The van der Waals surface area contributed by atoms with Gasteiger partial charge in [-0.15, -0.1) is 0 Å². The van der Waals surface area contributed by atoms with Crippen LogP contribution in [0.15, 0.2) is 48.5 Å². The highest BCUT2D eigenvalue weighted by Crippen LogP contribution is 2.16. The zero-order valence-corrected chi connectivity index (χ0v) is 13.0. The highest BCUT2D eigenvalue weighted by Gasteiger charge is 2.03. The molecule has 0 saturated carbocycles. The summed E-state index contributed by atoms with van der Waals surface area (Å²) in [5.41, 5.74) is 2.11. The van der Waals surface area contributed by atoms with E-state index in [0.717, 1.165) is 22.6 Å². The van der Waals surface area contributed by atoms with Crippen LogP contribution in [0.2, 0.25) is 0 Å². The second kappa shape index (κ2) is 8.08. The van der Waals surface area contributed by atoms with Crippen LogP contribution in [0.5, 0.6) is 11.5 Å². The number of rotatable bonds is 7. The summed E-state index contributed by atoms with van der Waals surface area (Å²) in [5.74, 6) is 1.61. The van der Waals surface area contributed by atoms with Crippen molar-refractivity contribution in [3.8, 4) is 11.5 Å². The fraction of sp³-hybridized carbons (Fsp3) is 0.278. The Balaban J connectivity index is 1.70. The van der Waals surface area contributed by atoms with Crippen molar-refractivity contribution in [3.05, 3.63) is 59.7 Å². The fourth-order valence-corrected chi connectivity index (χ4v) is 2.00. The van der Waals surface area contributed by atoms with E-state index in [1.165, 1.54) is 0 Å². The maximum Gasteiger partial charge on any atom is 0.223 e. The summed E-state index contributed by atoms with van der Waals surface area (Å²) in [6.45, 7) is 2.87. The molecule has 0 fully saturated rings. The number of para-hydroxylation sites is 1. The Morgan fingerprint density at radius 2 is 1.82 bits per heavy atom. The third-order valence-electron chi connectivity index (χ3n) is 3.33. The quantitative estimate of drug-likeness (QED) is 0.854. The first-order chi connectivity index (χ1) is 10.7. The molecular weight excluding hydrogens is 278 g/mol. The summed E-state index contributed by atoms with van der Waals surface area (Å²) in [4.78, 5) is 11.8. The van der Waals surface area contributed by atoms with Crippen molar-refractivity contribution >= 4 is 5.91 Å². The highest BCUT2D eigenvalue weighted by atomic mass is 16.5. The van der Waals surface area contributed by atoms with Crippen LogP contribution in [0.25, 0.3) is 0 Å². The van der Waals surface area contributed by atoms with Crippen molar-refractivity contribution in [2.24, 2.45) is 0 Å². The lowest BCUT2D eigenvalue weighted by Crippen LogP contribution is -2.24. The lowest BCUT2D eigenvalue weighted by atomic mass is 10.2. The molecule has 2 rings (SSSR count). The van der Waals surface area contributed by atoms with Crippen LogP contribution in [-0.4, -0.2) is 19.6 Å². The first-order valence-corrected chi connectivity index (χ1v) is 7.27. The number of aryl methyl sites for hydroxylation is 1. The van der Waals surface area contributed by atoms with Crippen molar-refractivity contribution in [3.63, 3.8) is 0 Å². The van der Waals surface area contributed by atoms with Crippen molar-refractivity contribution in [1.82, 2.24) is 5.32 Å². The first kappa shape index (κ1) is 15.9. The van der Waals surface area contributed by atoms with Crippen LogP contribution < -0.4 is 14.8 Å². The minimum absolute atomic E-state index is 0.0237. The Labute approximate surface area is 131 Å². The SMILES string of the molecule is COc1ccc(CNC(=O)CCOc2ccccc2C)cc1. The Hall–Kier alpha value is -2.49. The van der Waals surface area contributed by atoms with Gasteiger partial charge in [0, 0.05) is 6.54 Å².